The van der Waals surface area contributed by atoms with Gasteiger partial charge in [0.05, 0.1) is 23.3 Å². The van der Waals surface area contributed by atoms with Crippen molar-refractivity contribution in [2.45, 2.75) is 25.8 Å². The lowest BCUT2D eigenvalue weighted by atomic mass is 10.0. The molecule has 0 saturated carbocycles. The fourth-order valence-corrected chi connectivity index (χ4v) is 5.44. The summed E-state index contributed by atoms with van der Waals surface area (Å²) in [6.45, 7) is 2.55. The monoisotopic (exact) mass is 529 g/mol. The van der Waals surface area contributed by atoms with E-state index in [4.69, 9.17) is 4.42 Å². The molecule has 6 rings (SSSR count). The average molecular weight is 530 g/mol. The van der Waals surface area contributed by atoms with Gasteiger partial charge in [-0.05, 0) is 66.1 Å². The van der Waals surface area contributed by atoms with Crippen LogP contribution in [-0.4, -0.2) is 34.4 Å². The van der Waals surface area contributed by atoms with Crippen molar-refractivity contribution < 1.29 is 14.0 Å². The van der Waals surface area contributed by atoms with Crippen LogP contribution >= 0.6 is 0 Å². The van der Waals surface area contributed by atoms with Crippen LogP contribution in [0.5, 0.6) is 0 Å². The number of furan rings is 1. The number of nitrogens with zero attached hydrogens (tertiary/aromatic N) is 3. The Morgan fingerprint density at radius 2 is 1.52 bits per heavy atom. The summed E-state index contributed by atoms with van der Waals surface area (Å²) in [5.41, 5.74) is 5.35. The predicted molar refractivity (Wildman–Crippen MR) is 156 cm³/mol. The standard InChI is InChI=1S/C34H31N3O3/c1-2-3-21-35(34(39)27-19-17-26(18-20-27)25-11-5-4-6-12-25)24-32(38)37-29-14-8-7-13-28(29)36-22-9-15-30(36)33(37)31-16-10-23-40-31/h4-20,22-23,33H,2-3,21,24H2,1H3. The predicted octanol–water partition coefficient (Wildman–Crippen LogP) is 7.12. The second-order valence-electron chi connectivity index (χ2n) is 10.00. The number of amides is 2. The van der Waals surface area contributed by atoms with Crippen molar-refractivity contribution in [2.75, 3.05) is 18.0 Å². The molecule has 0 saturated heterocycles. The first-order chi connectivity index (χ1) is 19.7. The van der Waals surface area contributed by atoms with Crippen LogP contribution in [-0.2, 0) is 4.79 Å². The second kappa shape index (κ2) is 11.1. The van der Waals surface area contributed by atoms with Crippen LogP contribution in [0.25, 0.3) is 16.8 Å². The third-order valence-electron chi connectivity index (χ3n) is 7.43. The minimum Gasteiger partial charge on any atom is -0.467 e. The van der Waals surface area contributed by atoms with Crippen molar-refractivity contribution in [3.8, 4) is 16.8 Å². The summed E-state index contributed by atoms with van der Waals surface area (Å²) in [6.07, 6.45) is 5.35. The fraction of sp³-hybridized carbons (Fsp3) is 0.176. The van der Waals surface area contributed by atoms with Crippen LogP contribution in [0.3, 0.4) is 0 Å². The van der Waals surface area contributed by atoms with Gasteiger partial charge >= 0.3 is 0 Å². The van der Waals surface area contributed by atoms with Gasteiger partial charge in [-0.25, -0.2) is 0 Å². The second-order valence-corrected chi connectivity index (χ2v) is 10.00. The number of aromatic nitrogens is 1. The van der Waals surface area contributed by atoms with E-state index in [1.54, 1.807) is 16.1 Å². The number of anilines is 1. The molecule has 6 heteroatoms. The van der Waals surface area contributed by atoms with Crippen molar-refractivity contribution in [2.24, 2.45) is 0 Å². The Kier molecular flexibility index (Phi) is 7.06. The SMILES string of the molecule is CCCCN(CC(=O)N1c2ccccc2-n2cccc2C1c1ccco1)C(=O)c1ccc(-c2ccccc2)cc1. The average Bonchev–Trinajstić information content (AvgIpc) is 3.72. The molecule has 0 radical (unpaired) electrons. The fourth-order valence-electron chi connectivity index (χ4n) is 5.44. The van der Waals surface area contributed by atoms with Crippen molar-refractivity contribution >= 4 is 17.5 Å². The summed E-state index contributed by atoms with van der Waals surface area (Å²) < 4.78 is 7.94. The van der Waals surface area contributed by atoms with Crippen molar-refractivity contribution in [1.82, 2.24) is 9.47 Å². The molecule has 2 aromatic heterocycles. The van der Waals surface area contributed by atoms with E-state index in [0.717, 1.165) is 41.0 Å². The third-order valence-corrected chi connectivity index (χ3v) is 7.43. The Balaban J connectivity index is 1.32. The number of rotatable bonds is 8. The lowest BCUT2D eigenvalue weighted by molar-refractivity contribution is -0.119. The minimum absolute atomic E-state index is 0.0362. The summed E-state index contributed by atoms with van der Waals surface area (Å²) in [5, 5.41) is 0. The molecule has 1 atom stereocenters. The van der Waals surface area contributed by atoms with Gasteiger partial charge in [-0.1, -0.05) is 67.9 Å². The van der Waals surface area contributed by atoms with Crippen molar-refractivity contribution in [3.63, 3.8) is 0 Å². The van der Waals surface area contributed by atoms with Crippen LogP contribution in [0.1, 0.15) is 47.6 Å². The van der Waals surface area contributed by atoms with E-state index >= 15 is 0 Å². The van der Waals surface area contributed by atoms with E-state index in [-0.39, 0.29) is 18.4 Å². The maximum atomic E-state index is 14.2. The maximum Gasteiger partial charge on any atom is 0.254 e. The van der Waals surface area contributed by atoms with Gasteiger partial charge in [0.15, 0.2) is 0 Å². The highest BCUT2D eigenvalue weighted by Gasteiger charge is 2.38. The Morgan fingerprint density at radius 3 is 2.25 bits per heavy atom. The van der Waals surface area contributed by atoms with Crippen LogP contribution in [0.15, 0.2) is 120 Å². The van der Waals surface area contributed by atoms with Crippen LogP contribution in [0.2, 0.25) is 0 Å². The van der Waals surface area contributed by atoms with Gasteiger partial charge in [0, 0.05) is 18.3 Å². The van der Waals surface area contributed by atoms with Crippen LogP contribution in [0.4, 0.5) is 5.69 Å². The molecule has 1 unspecified atom stereocenters. The normalized spacial score (nSPS) is 13.9. The molecule has 0 N–H and O–H groups in total. The molecular weight excluding hydrogens is 498 g/mol. The summed E-state index contributed by atoms with van der Waals surface area (Å²) in [4.78, 5) is 31.5. The molecule has 0 fully saturated rings. The first-order valence-electron chi connectivity index (χ1n) is 13.7. The van der Waals surface area contributed by atoms with Gasteiger partial charge in [0.2, 0.25) is 5.91 Å². The number of fused-ring (bicyclic) bond motifs is 3. The molecule has 0 aliphatic carbocycles. The van der Waals surface area contributed by atoms with Crippen LogP contribution in [0, 0.1) is 0 Å². The number of carbonyl (C=O) groups excluding carboxylic acids is 2. The minimum atomic E-state index is -0.444. The van der Waals surface area contributed by atoms with Gasteiger partial charge in [0.1, 0.15) is 18.3 Å². The molecule has 3 heterocycles. The summed E-state index contributed by atoms with van der Waals surface area (Å²) in [5.74, 6) is 0.363. The third kappa shape index (κ3) is 4.73. The molecular formula is C34H31N3O3. The molecule has 0 spiro atoms. The molecule has 5 aromatic rings. The van der Waals surface area contributed by atoms with Crippen molar-refractivity contribution in [3.05, 3.63) is 133 Å². The van der Waals surface area contributed by atoms with Crippen LogP contribution < -0.4 is 4.90 Å². The van der Waals surface area contributed by atoms with Crippen molar-refractivity contribution in [1.29, 1.82) is 0 Å². The van der Waals surface area contributed by atoms with Gasteiger partial charge in [0.25, 0.3) is 5.91 Å². The first-order valence-corrected chi connectivity index (χ1v) is 13.7. The first kappa shape index (κ1) is 25.4. The Bertz CT molecular complexity index is 1600. The molecule has 6 nitrogen and oxygen atoms in total. The zero-order valence-electron chi connectivity index (χ0n) is 22.4. The Hall–Kier alpha value is -4.84. The number of unbranched alkanes of at least 4 members (excludes halogenated alkanes) is 1. The van der Waals surface area contributed by atoms with E-state index in [9.17, 15) is 9.59 Å². The van der Waals surface area contributed by atoms with E-state index in [1.807, 2.05) is 109 Å². The van der Waals surface area contributed by atoms with E-state index in [2.05, 4.69) is 11.5 Å². The number of hydrogen-bond acceptors (Lipinski definition) is 3. The number of para-hydroxylation sites is 2. The molecule has 40 heavy (non-hydrogen) atoms. The quantitative estimate of drug-likeness (QED) is 0.215. The Labute approximate surface area is 234 Å². The maximum absolute atomic E-state index is 14.2. The van der Waals surface area contributed by atoms with E-state index in [0.29, 0.717) is 17.9 Å². The lowest BCUT2D eigenvalue weighted by Crippen LogP contribution is -2.47. The van der Waals surface area contributed by atoms with E-state index < -0.39 is 6.04 Å². The zero-order valence-corrected chi connectivity index (χ0v) is 22.4. The number of carbonyl (C=O) groups is 2. The molecule has 200 valence electrons. The molecule has 2 amide bonds. The molecule has 1 aliphatic heterocycles. The summed E-state index contributed by atoms with van der Waals surface area (Å²) in [7, 11) is 0. The highest BCUT2D eigenvalue weighted by Crippen LogP contribution is 2.42. The number of benzene rings is 3. The summed E-state index contributed by atoms with van der Waals surface area (Å²) in [6, 6.07) is 32.8. The smallest absolute Gasteiger partial charge is 0.254 e. The molecule has 0 bridgehead atoms. The van der Waals surface area contributed by atoms with E-state index in [1.165, 1.54) is 0 Å². The molecule has 1 aliphatic rings. The Morgan fingerprint density at radius 1 is 0.800 bits per heavy atom. The van der Waals surface area contributed by atoms with Gasteiger partial charge in [-0.3, -0.25) is 14.5 Å². The zero-order chi connectivity index (χ0) is 27.5. The highest BCUT2D eigenvalue weighted by atomic mass is 16.3. The highest BCUT2D eigenvalue weighted by molar-refractivity contribution is 6.02. The lowest BCUT2D eigenvalue weighted by Gasteiger charge is -2.38. The largest absolute Gasteiger partial charge is 0.467 e. The topological polar surface area (TPSA) is 58.7 Å². The molecule has 3 aromatic carbocycles. The number of hydrogen-bond donors (Lipinski definition) is 0. The summed E-state index contributed by atoms with van der Waals surface area (Å²) >= 11 is 0. The van der Waals surface area contributed by atoms with Gasteiger partial charge in [-0.2, -0.15) is 0 Å². The van der Waals surface area contributed by atoms with Gasteiger partial charge in [-0.15, -0.1) is 0 Å². The van der Waals surface area contributed by atoms with Gasteiger partial charge < -0.3 is 13.9 Å².